The fourth-order valence-electron chi connectivity index (χ4n) is 0.605. The molecule has 0 spiro atoms. The van der Waals surface area contributed by atoms with Crippen LogP contribution in [0.5, 0.6) is 0 Å². The topological polar surface area (TPSA) is 60.7 Å². The minimum atomic E-state index is -2.52. The average molecular weight is 160 g/mol. The molecule has 0 aromatic carbocycles. The van der Waals surface area contributed by atoms with Gasteiger partial charge in [0.15, 0.2) is 0 Å². The van der Waals surface area contributed by atoms with Gasteiger partial charge >= 0.3 is 0 Å². The van der Waals surface area contributed by atoms with E-state index in [0.29, 0.717) is 6.42 Å². The Morgan fingerprint density at radius 2 is 1.55 bits per heavy atom. The van der Waals surface area contributed by atoms with Crippen LogP contribution in [0.4, 0.5) is 0 Å². The van der Waals surface area contributed by atoms with Crippen molar-refractivity contribution in [1.82, 2.24) is 0 Å². The van der Waals surface area contributed by atoms with Crippen molar-refractivity contribution in [3.63, 3.8) is 0 Å². The molecule has 66 valence electrons. The minimum Gasteiger partial charge on any atom is -0.344 e. The summed E-state index contributed by atoms with van der Waals surface area (Å²) in [6.07, 6.45) is 0.468. The molecule has 3 heteroatoms. The van der Waals surface area contributed by atoms with Gasteiger partial charge in [-0.1, -0.05) is 11.1 Å². The van der Waals surface area contributed by atoms with E-state index < -0.39 is 5.97 Å². The molecule has 0 aliphatic rings. The summed E-state index contributed by atoms with van der Waals surface area (Å²) in [7, 11) is 0. The van der Waals surface area contributed by atoms with Gasteiger partial charge in [-0.2, -0.15) is 0 Å². The molecule has 11 heavy (non-hydrogen) atoms. The molecule has 0 amide bonds. The number of rotatable bonds is 3. The normalized spacial score (nSPS) is 11.5. The molecule has 0 fully saturated rings. The summed E-state index contributed by atoms with van der Waals surface area (Å²) in [5.74, 6) is -2.52. The standard InChI is InChI=1S/C8H16O3/c1-6(2)7(3)4-5-8(9,10)11/h9-11H,4-5H2,1-3H3. The lowest BCUT2D eigenvalue weighted by Gasteiger charge is -2.13. The van der Waals surface area contributed by atoms with Crippen LogP contribution in [0, 0.1) is 0 Å². The molecule has 3 nitrogen and oxygen atoms in total. The van der Waals surface area contributed by atoms with Gasteiger partial charge in [-0.25, -0.2) is 0 Å². The van der Waals surface area contributed by atoms with Crippen molar-refractivity contribution in [1.29, 1.82) is 0 Å². The summed E-state index contributed by atoms with van der Waals surface area (Å²) in [6.45, 7) is 5.80. The van der Waals surface area contributed by atoms with Crippen LogP contribution >= 0.6 is 0 Å². The second-order valence-corrected chi connectivity index (χ2v) is 3.05. The first kappa shape index (κ1) is 10.6. The fourth-order valence-corrected chi connectivity index (χ4v) is 0.605. The molecule has 0 heterocycles. The number of hydrogen-bond acceptors (Lipinski definition) is 3. The average Bonchev–Trinajstić information content (AvgIpc) is 1.80. The Morgan fingerprint density at radius 1 is 1.09 bits per heavy atom. The molecule has 0 saturated carbocycles. The molecular formula is C8H16O3. The predicted molar refractivity (Wildman–Crippen MR) is 42.7 cm³/mol. The minimum absolute atomic E-state index is 0.0377. The molecule has 0 saturated heterocycles. The van der Waals surface area contributed by atoms with Gasteiger partial charge in [-0.05, 0) is 27.2 Å². The van der Waals surface area contributed by atoms with E-state index in [1.807, 2.05) is 20.8 Å². The van der Waals surface area contributed by atoms with Gasteiger partial charge in [0, 0.05) is 6.42 Å². The fraction of sp³-hybridized carbons (Fsp3) is 0.750. The zero-order valence-corrected chi connectivity index (χ0v) is 7.26. The second kappa shape index (κ2) is 3.85. The quantitative estimate of drug-likeness (QED) is 0.422. The molecular weight excluding hydrogens is 144 g/mol. The maximum Gasteiger partial charge on any atom is 0.275 e. The summed E-state index contributed by atoms with van der Waals surface area (Å²) in [5.41, 5.74) is 2.22. The van der Waals surface area contributed by atoms with E-state index in [9.17, 15) is 0 Å². The first-order valence-electron chi connectivity index (χ1n) is 3.63. The molecule has 3 N–H and O–H groups in total. The molecule has 0 radical (unpaired) electrons. The van der Waals surface area contributed by atoms with Gasteiger partial charge in [0.25, 0.3) is 5.97 Å². The monoisotopic (exact) mass is 160 g/mol. The summed E-state index contributed by atoms with van der Waals surface area (Å²) in [4.78, 5) is 0. The third kappa shape index (κ3) is 6.04. The van der Waals surface area contributed by atoms with Gasteiger partial charge in [0.1, 0.15) is 0 Å². The SMILES string of the molecule is CC(C)=C(C)CCC(O)(O)O. The molecule has 0 unspecified atom stereocenters. The van der Waals surface area contributed by atoms with Crippen LogP contribution in [0.25, 0.3) is 0 Å². The maximum atomic E-state index is 8.54. The third-order valence-electron chi connectivity index (χ3n) is 1.69. The van der Waals surface area contributed by atoms with Gasteiger partial charge in [0.2, 0.25) is 0 Å². The van der Waals surface area contributed by atoms with Crippen LogP contribution in [0.2, 0.25) is 0 Å². The molecule has 0 atom stereocenters. The number of hydrogen-bond donors (Lipinski definition) is 3. The highest BCUT2D eigenvalue weighted by Crippen LogP contribution is 2.13. The second-order valence-electron chi connectivity index (χ2n) is 3.05. The predicted octanol–water partition coefficient (Wildman–Crippen LogP) is 0.754. The first-order valence-corrected chi connectivity index (χ1v) is 3.63. The van der Waals surface area contributed by atoms with E-state index >= 15 is 0 Å². The van der Waals surface area contributed by atoms with Gasteiger partial charge < -0.3 is 15.3 Å². The van der Waals surface area contributed by atoms with Crippen molar-refractivity contribution in [2.24, 2.45) is 0 Å². The van der Waals surface area contributed by atoms with E-state index in [2.05, 4.69) is 0 Å². The summed E-state index contributed by atoms with van der Waals surface area (Å²) < 4.78 is 0. The lowest BCUT2D eigenvalue weighted by molar-refractivity contribution is -0.314. The van der Waals surface area contributed by atoms with Crippen molar-refractivity contribution < 1.29 is 15.3 Å². The lowest BCUT2D eigenvalue weighted by atomic mass is 10.1. The van der Waals surface area contributed by atoms with Crippen LogP contribution in [0.15, 0.2) is 11.1 Å². The van der Waals surface area contributed by atoms with Crippen molar-refractivity contribution in [2.75, 3.05) is 0 Å². The van der Waals surface area contributed by atoms with Crippen LogP contribution in [-0.2, 0) is 0 Å². The maximum absolute atomic E-state index is 8.54. The van der Waals surface area contributed by atoms with Crippen molar-refractivity contribution >= 4 is 0 Å². The van der Waals surface area contributed by atoms with Crippen LogP contribution in [0.1, 0.15) is 33.6 Å². The van der Waals surface area contributed by atoms with Gasteiger partial charge in [-0.15, -0.1) is 0 Å². The highest BCUT2D eigenvalue weighted by atomic mass is 16.7. The summed E-state index contributed by atoms with van der Waals surface area (Å²) >= 11 is 0. The zero-order valence-electron chi connectivity index (χ0n) is 7.26. The van der Waals surface area contributed by atoms with E-state index in [0.717, 1.165) is 11.1 Å². The Kier molecular flexibility index (Phi) is 3.72. The third-order valence-corrected chi connectivity index (χ3v) is 1.69. The van der Waals surface area contributed by atoms with Crippen LogP contribution in [-0.4, -0.2) is 21.3 Å². The summed E-state index contributed by atoms with van der Waals surface area (Å²) in [6, 6.07) is 0. The Morgan fingerprint density at radius 3 is 1.82 bits per heavy atom. The van der Waals surface area contributed by atoms with E-state index in [4.69, 9.17) is 15.3 Å². The Labute approximate surface area is 67.0 Å². The van der Waals surface area contributed by atoms with Crippen molar-refractivity contribution in [2.45, 2.75) is 39.6 Å². The first-order chi connectivity index (χ1) is 4.83. The van der Waals surface area contributed by atoms with Crippen molar-refractivity contribution in [3.05, 3.63) is 11.1 Å². The molecule has 0 bridgehead atoms. The molecule has 0 aliphatic carbocycles. The van der Waals surface area contributed by atoms with Crippen molar-refractivity contribution in [3.8, 4) is 0 Å². The number of aliphatic hydroxyl groups is 3. The summed E-state index contributed by atoms with van der Waals surface area (Å²) in [5, 5.41) is 25.6. The smallest absolute Gasteiger partial charge is 0.275 e. The Bertz CT molecular complexity index is 149. The van der Waals surface area contributed by atoms with E-state index in [1.165, 1.54) is 0 Å². The molecule has 0 rings (SSSR count). The largest absolute Gasteiger partial charge is 0.344 e. The van der Waals surface area contributed by atoms with Gasteiger partial charge in [-0.3, -0.25) is 0 Å². The highest BCUT2D eigenvalue weighted by Gasteiger charge is 2.17. The van der Waals surface area contributed by atoms with Crippen LogP contribution in [0.3, 0.4) is 0 Å². The zero-order chi connectivity index (χ0) is 9.07. The lowest BCUT2D eigenvalue weighted by Crippen LogP contribution is -2.26. The Hall–Kier alpha value is -0.380. The van der Waals surface area contributed by atoms with Gasteiger partial charge in [0.05, 0.1) is 0 Å². The van der Waals surface area contributed by atoms with E-state index in [1.54, 1.807) is 0 Å². The molecule has 0 aromatic heterocycles. The molecule has 0 aliphatic heterocycles. The van der Waals surface area contributed by atoms with E-state index in [-0.39, 0.29) is 6.42 Å². The Balaban J connectivity index is 3.82. The number of allylic oxidation sites excluding steroid dienone is 2. The molecule has 0 aromatic rings. The highest BCUT2D eigenvalue weighted by molar-refractivity contribution is 5.06. The van der Waals surface area contributed by atoms with Crippen LogP contribution < -0.4 is 0 Å².